The molecular formula is C26H27Cl2NO3. The zero-order valence-corrected chi connectivity index (χ0v) is 19.2. The summed E-state index contributed by atoms with van der Waals surface area (Å²) in [5.74, 6) is -0.914. The third kappa shape index (κ3) is 5.90. The van der Waals surface area contributed by atoms with Crippen molar-refractivity contribution in [2.75, 3.05) is 6.54 Å². The minimum absolute atomic E-state index is 0. The standard InChI is InChI=1S/C26H26ClNO3.ClH/c27-23-5-1-4-21(14-23)25(29)16-28-24-6-2-3-17-9-12-20(13-22(17)15-24)18-7-10-19(11-8-18)26(30)31;/h1,4-5,7-14,24-25,28-29H,2-3,6,15-16H2,(H,30,31);1H/t24-,25-;/m0./s1. The summed E-state index contributed by atoms with van der Waals surface area (Å²) in [5, 5.41) is 23.8. The number of carboxylic acids is 1. The van der Waals surface area contributed by atoms with Gasteiger partial charge in [-0.1, -0.05) is 54.1 Å². The van der Waals surface area contributed by atoms with Gasteiger partial charge < -0.3 is 15.5 Å². The van der Waals surface area contributed by atoms with Gasteiger partial charge in [-0.25, -0.2) is 4.79 Å². The Hall–Kier alpha value is -2.37. The molecule has 168 valence electrons. The van der Waals surface area contributed by atoms with Gasteiger partial charge in [-0.15, -0.1) is 12.4 Å². The van der Waals surface area contributed by atoms with Gasteiger partial charge in [0.1, 0.15) is 0 Å². The summed E-state index contributed by atoms with van der Waals surface area (Å²) in [7, 11) is 0. The van der Waals surface area contributed by atoms with E-state index in [1.807, 2.05) is 24.3 Å². The highest BCUT2D eigenvalue weighted by atomic mass is 35.5. The van der Waals surface area contributed by atoms with E-state index in [-0.39, 0.29) is 12.4 Å². The molecule has 0 bridgehead atoms. The highest BCUT2D eigenvalue weighted by Gasteiger charge is 2.19. The molecule has 3 N–H and O–H groups in total. The van der Waals surface area contributed by atoms with Crippen LogP contribution in [0.15, 0.2) is 66.7 Å². The molecule has 0 saturated carbocycles. The number of aliphatic hydroxyl groups excluding tert-OH is 1. The number of hydrogen-bond acceptors (Lipinski definition) is 3. The van der Waals surface area contributed by atoms with E-state index >= 15 is 0 Å². The van der Waals surface area contributed by atoms with Crippen LogP contribution in [-0.4, -0.2) is 28.8 Å². The smallest absolute Gasteiger partial charge is 0.335 e. The van der Waals surface area contributed by atoms with Crippen molar-refractivity contribution in [2.45, 2.75) is 37.8 Å². The Morgan fingerprint density at radius 3 is 2.50 bits per heavy atom. The van der Waals surface area contributed by atoms with Crippen LogP contribution in [0.1, 0.15) is 46.0 Å². The maximum absolute atomic E-state index is 11.1. The Balaban J connectivity index is 0.00000289. The number of fused-ring (bicyclic) bond motifs is 1. The lowest BCUT2D eigenvalue weighted by Crippen LogP contribution is -2.34. The molecule has 0 saturated heterocycles. The van der Waals surface area contributed by atoms with Gasteiger partial charge >= 0.3 is 5.97 Å². The lowest BCUT2D eigenvalue weighted by molar-refractivity contribution is 0.0697. The Morgan fingerprint density at radius 1 is 1.03 bits per heavy atom. The molecule has 0 aromatic heterocycles. The molecule has 1 aliphatic carbocycles. The zero-order chi connectivity index (χ0) is 21.8. The molecule has 2 atom stereocenters. The number of aliphatic hydroxyl groups is 1. The molecule has 0 radical (unpaired) electrons. The lowest BCUT2D eigenvalue weighted by atomic mass is 9.95. The SMILES string of the molecule is Cl.O=C(O)c1ccc(-c2ccc3c(c2)C[C@@H](NC[C@H](O)c2cccc(Cl)c2)CCC3)cc1. The van der Waals surface area contributed by atoms with E-state index in [9.17, 15) is 9.90 Å². The highest BCUT2D eigenvalue weighted by molar-refractivity contribution is 6.30. The van der Waals surface area contributed by atoms with Gasteiger partial charge in [0, 0.05) is 17.6 Å². The molecule has 3 aromatic rings. The summed E-state index contributed by atoms with van der Waals surface area (Å²) in [6.07, 6.45) is 3.51. The first-order valence-electron chi connectivity index (χ1n) is 10.6. The Labute approximate surface area is 199 Å². The first-order valence-corrected chi connectivity index (χ1v) is 11.0. The molecule has 4 nitrogen and oxygen atoms in total. The number of carboxylic acid groups (broad SMARTS) is 1. The zero-order valence-electron chi connectivity index (χ0n) is 17.6. The monoisotopic (exact) mass is 471 g/mol. The van der Waals surface area contributed by atoms with Crippen LogP contribution in [0.3, 0.4) is 0 Å². The van der Waals surface area contributed by atoms with Crippen LogP contribution in [0.2, 0.25) is 5.02 Å². The summed E-state index contributed by atoms with van der Waals surface area (Å²) >= 11 is 6.04. The Bertz CT molecular complexity index is 1070. The van der Waals surface area contributed by atoms with Crippen molar-refractivity contribution in [1.82, 2.24) is 5.32 Å². The van der Waals surface area contributed by atoms with Crippen molar-refractivity contribution < 1.29 is 15.0 Å². The van der Waals surface area contributed by atoms with Gasteiger partial charge in [-0.05, 0) is 77.8 Å². The number of aryl methyl sites for hydroxylation is 1. The van der Waals surface area contributed by atoms with Crippen LogP contribution in [0, 0.1) is 0 Å². The number of hydrogen-bond donors (Lipinski definition) is 3. The number of benzene rings is 3. The first kappa shape index (κ1) is 24.3. The fourth-order valence-corrected chi connectivity index (χ4v) is 4.43. The van der Waals surface area contributed by atoms with E-state index in [4.69, 9.17) is 16.7 Å². The van der Waals surface area contributed by atoms with Crippen molar-refractivity contribution in [2.24, 2.45) is 0 Å². The number of nitrogens with one attached hydrogen (secondary N) is 1. The van der Waals surface area contributed by atoms with Gasteiger partial charge in [-0.3, -0.25) is 0 Å². The average molecular weight is 472 g/mol. The number of halogens is 2. The number of rotatable bonds is 6. The third-order valence-electron chi connectivity index (χ3n) is 5.97. The quantitative estimate of drug-likeness (QED) is 0.403. The Kier molecular flexibility index (Phi) is 8.32. The molecule has 0 unspecified atom stereocenters. The van der Waals surface area contributed by atoms with Gasteiger partial charge in [0.25, 0.3) is 0 Å². The molecule has 0 aliphatic heterocycles. The van der Waals surface area contributed by atoms with E-state index < -0.39 is 12.1 Å². The molecule has 6 heteroatoms. The molecule has 0 heterocycles. The average Bonchev–Trinajstić information content (AvgIpc) is 2.98. The Morgan fingerprint density at radius 2 is 1.78 bits per heavy atom. The second-order valence-electron chi connectivity index (χ2n) is 8.14. The van der Waals surface area contributed by atoms with Crippen molar-refractivity contribution in [1.29, 1.82) is 0 Å². The fourth-order valence-electron chi connectivity index (χ4n) is 4.24. The number of carbonyl (C=O) groups is 1. The molecule has 0 amide bonds. The summed E-state index contributed by atoms with van der Waals surface area (Å²) in [6.45, 7) is 0.483. The van der Waals surface area contributed by atoms with Gasteiger partial charge in [0.2, 0.25) is 0 Å². The second kappa shape index (κ2) is 11.0. The first-order chi connectivity index (χ1) is 15.0. The minimum atomic E-state index is -0.914. The highest BCUT2D eigenvalue weighted by Crippen LogP contribution is 2.28. The van der Waals surface area contributed by atoms with Crippen LogP contribution >= 0.6 is 24.0 Å². The van der Waals surface area contributed by atoms with Crippen molar-refractivity contribution in [3.05, 3.63) is 94.0 Å². The normalized spacial score (nSPS) is 16.4. The maximum atomic E-state index is 11.1. The molecule has 0 spiro atoms. The molecule has 32 heavy (non-hydrogen) atoms. The van der Waals surface area contributed by atoms with E-state index in [0.29, 0.717) is 23.2 Å². The molecule has 0 fully saturated rings. The largest absolute Gasteiger partial charge is 0.478 e. The summed E-state index contributed by atoms with van der Waals surface area (Å²) in [6, 6.07) is 21.2. The molecular weight excluding hydrogens is 445 g/mol. The molecule has 4 rings (SSSR count). The fraction of sp³-hybridized carbons (Fsp3) is 0.269. The van der Waals surface area contributed by atoms with Gasteiger partial charge in [-0.2, -0.15) is 0 Å². The minimum Gasteiger partial charge on any atom is -0.478 e. The van der Waals surface area contributed by atoms with Crippen LogP contribution in [0.5, 0.6) is 0 Å². The second-order valence-corrected chi connectivity index (χ2v) is 8.57. The summed E-state index contributed by atoms with van der Waals surface area (Å²) in [4.78, 5) is 11.1. The lowest BCUT2D eigenvalue weighted by Gasteiger charge is -2.20. The number of aromatic carboxylic acids is 1. The topological polar surface area (TPSA) is 69.6 Å². The van der Waals surface area contributed by atoms with Crippen molar-refractivity contribution in [3.63, 3.8) is 0 Å². The molecule has 3 aromatic carbocycles. The predicted molar refractivity (Wildman–Crippen MR) is 131 cm³/mol. The van der Waals surface area contributed by atoms with Crippen LogP contribution in [0.25, 0.3) is 11.1 Å². The van der Waals surface area contributed by atoms with Crippen molar-refractivity contribution >= 4 is 30.0 Å². The van der Waals surface area contributed by atoms with Gasteiger partial charge in [0.15, 0.2) is 0 Å². The molecule has 1 aliphatic rings. The van der Waals surface area contributed by atoms with Crippen LogP contribution in [-0.2, 0) is 12.8 Å². The predicted octanol–water partition coefficient (Wildman–Crippen LogP) is 5.70. The van der Waals surface area contributed by atoms with Crippen LogP contribution < -0.4 is 5.32 Å². The van der Waals surface area contributed by atoms with Crippen LogP contribution in [0.4, 0.5) is 0 Å². The van der Waals surface area contributed by atoms with Gasteiger partial charge in [0.05, 0.1) is 11.7 Å². The van der Waals surface area contributed by atoms with E-state index in [0.717, 1.165) is 42.4 Å². The summed E-state index contributed by atoms with van der Waals surface area (Å²) < 4.78 is 0. The van der Waals surface area contributed by atoms with Crippen molar-refractivity contribution in [3.8, 4) is 11.1 Å². The van der Waals surface area contributed by atoms with E-state index in [1.54, 1.807) is 24.3 Å². The van der Waals surface area contributed by atoms with E-state index in [1.165, 1.54) is 11.1 Å². The summed E-state index contributed by atoms with van der Waals surface area (Å²) in [5.41, 5.74) is 5.90. The third-order valence-corrected chi connectivity index (χ3v) is 6.20. The van der Waals surface area contributed by atoms with E-state index in [2.05, 4.69) is 23.5 Å². The maximum Gasteiger partial charge on any atom is 0.335 e.